The highest BCUT2D eigenvalue weighted by molar-refractivity contribution is 14.1. The standard InChI is InChI=1S/C11H13IO3/c1-6(2)15-8-4-7(3)10(12)9(5-8)11(13)14/h4-6H,1-3H3,(H,13,14). The molecule has 1 aromatic rings. The van der Waals surface area contributed by atoms with Crippen molar-refractivity contribution in [3.05, 3.63) is 26.8 Å². The van der Waals surface area contributed by atoms with Gasteiger partial charge in [-0.25, -0.2) is 4.79 Å². The van der Waals surface area contributed by atoms with E-state index in [4.69, 9.17) is 9.84 Å². The molecule has 0 fully saturated rings. The monoisotopic (exact) mass is 320 g/mol. The molecule has 1 N–H and O–H groups in total. The van der Waals surface area contributed by atoms with Crippen molar-refractivity contribution in [1.82, 2.24) is 0 Å². The molecule has 82 valence electrons. The van der Waals surface area contributed by atoms with Gasteiger partial charge in [-0.3, -0.25) is 0 Å². The average Bonchev–Trinajstić information content (AvgIpc) is 2.09. The molecule has 0 aliphatic heterocycles. The van der Waals surface area contributed by atoms with Gasteiger partial charge >= 0.3 is 5.97 Å². The maximum absolute atomic E-state index is 11.0. The summed E-state index contributed by atoms with van der Waals surface area (Å²) in [5.41, 5.74) is 1.22. The normalized spacial score (nSPS) is 10.5. The van der Waals surface area contributed by atoms with Gasteiger partial charge in [0, 0.05) is 3.57 Å². The lowest BCUT2D eigenvalue weighted by atomic mass is 10.1. The Labute approximate surface area is 103 Å². The van der Waals surface area contributed by atoms with E-state index in [1.165, 1.54) is 0 Å². The molecule has 3 nitrogen and oxygen atoms in total. The predicted octanol–water partition coefficient (Wildman–Crippen LogP) is 3.09. The number of hydrogen-bond acceptors (Lipinski definition) is 2. The van der Waals surface area contributed by atoms with Gasteiger partial charge in [0.2, 0.25) is 0 Å². The van der Waals surface area contributed by atoms with Gasteiger partial charge in [-0.15, -0.1) is 0 Å². The van der Waals surface area contributed by atoms with Gasteiger partial charge in [0.25, 0.3) is 0 Å². The van der Waals surface area contributed by atoms with Gasteiger partial charge in [0.1, 0.15) is 5.75 Å². The molecule has 0 saturated carbocycles. The highest BCUT2D eigenvalue weighted by Crippen LogP contribution is 2.24. The molecule has 0 unspecified atom stereocenters. The van der Waals surface area contributed by atoms with E-state index in [2.05, 4.69) is 0 Å². The van der Waals surface area contributed by atoms with E-state index in [0.29, 0.717) is 11.3 Å². The molecule has 0 atom stereocenters. The topological polar surface area (TPSA) is 46.5 Å². The summed E-state index contributed by atoms with van der Waals surface area (Å²) in [5, 5.41) is 8.99. The Balaban J connectivity index is 3.17. The lowest BCUT2D eigenvalue weighted by molar-refractivity contribution is 0.0694. The Bertz CT molecular complexity index is 386. The van der Waals surface area contributed by atoms with E-state index in [9.17, 15) is 4.79 Å². The minimum Gasteiger partial charge on any atom is -0.491 e. The van der Waals surface area contributed by atoms with Crippen LogP contribution < -0.4 is 4.74 Å². The van der Waals surface area contributed by atoms with Crippen LogP contribution in [0.5, 0.6) is 5.75 Å². The predicted molar refractivity (Wildman–Crippen MR) is 66.6 cm³/mol. The Hall–Kier alpha value is -0.780. The Morgan fingerprint density at radius 1 is 1.47 bits per heavy atom. The first-order chi connectivity index (χ1) is 6.91. The number of ether oxygens (including phenoxy) is 1. The minimum atomic E-state index is -0.920. The van der Waals surface area contributed by atoms with Crippen molar-refractivity contribution >= 4 is 28.6 Å². The van der Waals surface area contributed by atoms with Gasteiger partial charge in [-0.05, 0) is 61.1 Å². The number of carboxylic acids is 1. The summed E-state index contributed by atoms with van der Waals surface area (Å²) < 4.78 is 6.23. The number of benzene rings is 1. The number of rotatable bonds is 3. The second-order valence-corrected chi connectivity index (χ2v) is 4.65. The molecule has 0 amide bonds. The van der Waals surface area contributed by atoms with E-state index in [0.717, 1.165) is 9.13 Å². The maximum Gasteiger partial charge on any atom is 0.336 e. The van der Waals surface area contributed by atoms with Crippen LogP contribution in [0.4, 0.5) is 0 Å². The maximum atomic E-state index is 11.0. The lowest BCUT2D eigenvalue weighted by Crippen LogP contribution is -2.08. The zero-order chi connectivity index (χ0) is 11.6. The number of aryl methyl sites for hydroxylation is 1. The third kappa shape index (κ3) is 3.09. The summed E-state index contributed by atoms with van der Waals surface area (Å²) in [5.74, 6) is -0.308. The van der Waals surface area contributed by atoms with Gasteiger partial charge in [-0.2, -0.15) is 0 Å². The first kappa shape index (κ1) is 12.3. The highest BCUT2D eigenvalue weighted by Gasteiger charge is 2.13. The van der Waals surface area contributed by atoms with Crippen LogP contribution in [0.25, 0.3) is 0 Å². The second kappa shape index (κ2) is 4.83. The Kier molecular flexibility index (Phi) is 3.96. The Morgan fingerprint density at radius 3 is 2.53 bits per heavy atom. The van der Waals surface area contributed by atoms with Crippen LogP contribution in [0.15, 0.2) is 12.1 Å². The second-order valence-electron chi connectivity index (χ2n) is 3.57. The van der Waals surface area contributed by atoms with Gasteiger partial charge in [0.05, 0.1) is 11.7 Å². The van der Waals surface area contributed by atoms with Crippen molar-refractivity contribution in [3.63, 3.8) is 0 Å². The number of halogens is 1. The first-order valence-corrected chi connectivity index (χ1v) is 5.69. The van der Waals surface area contributed by atoms with Crippen molar-refractivity contribution in [3.8, 4) is 5.75 Å². The summed E-state index contributed by atoms with van der Waals surface area (Å²) in [4.78, 5) is 11.0. The smallest absolute Gasteiger partial charge is 0.336 e. The van der Waals surface area contributed by atoms with Gasteiger partial charge in [0.15, 0.2) is 0 Å². The SMILES string of the molecule is Cc1cc(OC(C)C)cc(C(=O)O)c1I. The molecule has 0 bridgehead atoms. The molecular formula is C11H13IO3. The van der Waals surface area contributed by atoms with E-state index in [-0.39, 0.29) is 6.10 Å². The lowest BCUT2D eigenvalue weighted by Gasteiger charge is -2.12. The molecule has 0 spiro atoms. The largest absolute Gasteiger partial charge is 0.491 e. The molecule has 0 radical (unpaired) electrons. The van der Waals surface area contributed by atoms with Crippen molar-refractivity contribution in [2.75, 3.05) is 0 Å². The zero-order valence-corrected chi connectivity index (χ0v) is 11.0. The number of hydrogen-bond donors (Lipinski definition) is 1. The van der Waals surface area contributed by atoms with Crippen LogP contribution >= 0.6 is 22.6 Å². The Morgan fingerprint density at radius 2 is 2.07 bits per heavy atom. The van der Waals surface area contributed by atoms with E-state index < -0.39 is 5.97 Å². The number of aromatic carboxylic acids is 1. The van der Waals surface area contributed by atoms with Crippen molar-refractivity contribution in [1.29, 1.82) is 0 Å². The quantitative estimate of drug-likeness (QED) is 0.871. The molecule has 0 aliphatic carbocycles. The van der Waals surface area contributed by atoms with Gasteiger partial charge in [-0.1, -0.05) is 0 Å². The average molecular weight is 320 g/mol. The molecule has 1 rings (SSSR count). The van der Waals surface area contributed by atoms with Crippen molar-refractivity contribution < 1.29 is 14.6 Å². The van der Waals surface area contributed by atoms with Crippen LogP contribution in [0.1, 0.15) is 29.8 Å². The fourth-order valence-electron chi connectivity index (χ4n) is 1.23. The molecule has 0 aromatic heterocycles. The molecule has 4 heteroatoms. The van der Waals surface area contributed by atoms with Crippen LogP contribution in [0.3, 0.4) is 0 Å². The molecule has 0 saturated heterocycles. The number of carbonyl (C=O) groups is 1. The minimum absolute atomic E-state index is 0.0473. The van der Waals surface area contributed by atoms with Crippen molar-refractivity contribution in [2.24, 2.45) is 0 Å². The summed E-state index contributed by atoms with van der Waals surface area (Å²) in [6.45, 7) is 5.70. The zero-order valence-electron chi connectivity index (χ0n) is 8.87. The van der Waals surface area contributed by atoms with E-state index in [1.54, 1.807) is 6.07 Å². The summed E-state index contributed by atoms with van der Waals surface area (Å²) in [7, 11) is 0. The number of carboxylic acid groups (broad SMARTS) is 1. The fourth-order valence-corrected chi connectivity index (χ4v) is 1.77. The van der Waals surface area contributed by atoms with E-state index in [1.807, 2.05) is 49.4 Å². The molecule has 0 aliphatic rings. The third-order valence-electron chi connectivity index (χ3n) is 1.83. The van der Waals surface area contributed by atoms with E-state index >= 15 is 0 Å². The highest BCUT2D eigenvalue weighted by atomic mass is 127. The molecular weight excluding hydrogens is 307 g/mol. The fraction of sp³-hybridized carbons (Fsp3) is 0.364. The molecule has 15 heavy (non-hydrogen) atoms. The van der Waals surface area contributed by atoms with Crippen LogP contribution in [-0.4, -0.2) is 17.2 Å². The van der Waals surface area contributed by atoms with Crippen LogP contribution in [0.2, 0.25) is 0 Å². The summed E-state index contributed by atoms with van der Waals surface area (Å²) >= 11 is 2.03. The molecule has 1 aromatic carbocycles. The first-order valence-electron chi connectivity index (χ1n) is 4.62. The molecule has 0 heterocycles. The van der Waals surface area contributed by atoms with Gasteiger partial charge < -0.3 is 9.84 Å². The van der Waals surface area contributed by atoms with Crippen molar-refractivity contribution in [2.45, 2.75) is 26.9 Å². The third-order valence-corrected chi connectivity index (χ3v) is 3.26. The van der Waals surface area contributed by atoms with Crippen LogP contribution in [0, 0.1) is 10.5 Å². The summed E-state index contributed by atoms with van der Waals surface area (Å²) in [6.07, 6.45) is 0.0473. The summed E-state index contributed by atoms with van der Waals surface area (Å²) in [6, 6.07) is 3.42. The van der Waals surface area contributed by atoms with Crippen LogP contribution in [-0.2, 0) is 0 Å².